The number of hydrogen-bond donors (Lipinski definition) is 1. The van der Waals surface area contributed by atoms with Gasteiger partial charge in [-0.3, -0.25) is 10.3 Å². The molecule has 0 spiro atoms. The van der Waals surface area contributed by atoms with E-state index < -0.39 is 32.4 Å². The fraction of sp³-hybridized carbons (Fsp3) is 0.905. The van der Waals surface area contributed by atoms with Gasteiger partial charge in [-0.25, -0.2) is 4.79 Å². The van der Waals surface area contributed by atoms with E-state index in [1.807, 2.05) is 47.8 Å². The van der Waals surface area contributed by atoms with Gasteiger partial charge in [-0.2, -0.15) is 0 Å². The Morgan fingerprint density at radius 3 is 1.93 bits per heavy atom. The van der Waals surface area contributed by atoms with Crippen LogP contribution in [0.4, 0.5) is 4.79 Å². The molecule has 0 unspecified atom stereocenters. The lowest BCUT2D eigenvalue weighted by Crippen LogP contribution is -2.52. The number of amidine groups is 1. The van der Waals surface area contributed by atoms with Gasteiger partial charge in [0, 0.05) is 13.2 Å². The summed E-state index contributed by atoms with van der Waals surface area (Å²) in [6.07, 6.45) is 0.372. The van der Waals surface area contributed by atoms with E-state index in [4.69, 9.17) is 23.6 Å². The first-order chi connectivity index (χ1) is 13.6. The summed E-state index contributed by atoms with van der Waals surface area (Å²) in [6.45, 7) is 23.3. The third-order valence-electron chi connectivity index (χ3n) is 4.76. The predicted molar refractivity (Wildman–Crippen MR) is 129 cm³/mol. The van der Waals surface area contributed by atoms with Crippen molar-refractivity contribution in [3.8, 4) is 0 Å². The van der Waals surface area contributed by atoms with Crippen LogP contribution in [0.1, 0.15) is 62.3 Å². The van der Waals surface area contributed by atoms with Crippen molar-refractivity contribution >= 4 is 31.3 Å². The standard InChI is InChI=1S/C21H44N2O5SSi/c1-13-25-17(26-14-2)16(28-30(11,12)21(7,8)9)15(3)22-18(29-10)23-19(24)27-20(4,5)6/h15-17H,13-14H2,1-12H3,(H,22,23,24)/t15-,16-/m1/s1. The number of carbonyl (C=O) groups excluding carboxylic acids is 1. The highest BCUT2D eigenvalue weighted by molar-refractivity contribution is 8.13. The highest BCUT2D eigenvalue weighted by atomic mass is 32.2. The molecule has 0 aliphatic carbocycles. The van der Waals surface area contributed by atoms with Crippen molar-refractivity contribution in [2.75, 3.05) is 19.5 Å². The van der Waals surface area contributed by atoms with Crippen LogP contribution in [0.5, 0.6) is 0 Å². The molecule has 9 heteroatoms. The van der Waals surface area contributed by atoms with E-state index in [0.717, 1.165) is 0 Å². The number of aliphatic imine (C=N–C) groups is 1. The minimum atomic E-state index is -2.12. The van der Waals surface area contributed by atoms with Crippen LogP contribution in [0.2, 0.25) is 18.1 Å². The minimum Gasteiger partial charge on any atom is -0.444 e. The van der Waals surface area contributed by atoms with E-state index in [2.05, 4.69) is 39.2 Å². The second-order valence-electron chi connectivity index (χ2n) is 9.63. The van der Waals surface area contributed by atoms with Crippen LogP contribution in [0.15, 0.2) is 4.99 Å². The van der Waals surface area contributed by atoms with Crippen molar-refractivity contribution in [3.05, 3.63) is 0 Å². The zero-order valence-electron chi connectivity index (χ0n) is 21.0. The smallest absolute Gasteiger partial charge is 0.413 e. The fourth-order valence-electron chi connectivity index (χ4n) is 2.25. The van der Waals surface area contributed by atoms with Crippen LogP contribution in [-0.2, 0) is 18.6 Å². The number of hydrogen-bond acceptors (Lipinski definition) is 7. The van der Waals surface area contributed by atoms with Crippen molar-refractivity contribution in [2.45, 2.75) is 104 Å². The average molecular weight is 465 g/mol. The lowest BCUT2D eigenvalue weighted by Gasteiger charge is -2.42. The average Bonchev–Trinajstić information content (AvgIpc) is 2.56. The van der Waals surface area contributed by atoms with E-state index in [-0.39, 0.29) is 11.1 Å². The third-order valence-corrected chi connectivity index (χ3v) is 9.83. The van der Waals surface area contributed by atoms with Gasteiger partial charge in [-0.05, 0) is 65.9 Å². The molecular weight excluding hydrogens is 420 g/mol. The Labute approximate surface area is 189 Å². The molecule has 0 aromatic heterocycles. The molecule has 7 nitrogen and oxygen atoms in total. The second-order valence-corrected chi connectivity index (χ2v) is 15.2. The SMILES string of the molecule is CCOC(OCC)[C@H](O[Si](C)(C)C(C)(C)C)[C@@H](C)N=C(NC(=O)OC(C)(C)C)SC. The number of ether oxygens (including phenoxy) is 3. The summed E-state index contributed by atoms with van der Waals surface area (Å²) in [5.41, 5.74) is -0.581. The van der Waals surface area contributed by atoms with Crippen molar-refractivity contribution in [1.29, 1.82) is 0 Å². The van der Waals surface area contributed by atoms with E-state index in [1.165, 1.54) is 11.8 Å². The molecule has 30 heavy (non-hydrogen) atoms. The van der Waals surface area contributed by atoms with E-state index in [0.29, 0.717) is 18.4 Å². The van der Waals surface area contributed by atoms with Crippen molar-refractivity contribution < 1.29 is 23.4 Å². The second kappa shape index (κ2) is 12.4. The summed E-state index contributed by atoms with van der Waals surface area (Å²) in [7, 11) is -2.12. The molecule has 0 bridgehead atoms. The number of amides is 1. The first kappa shape index (κ1) is 29.4. The highest BCUT2D eigenvalue weighted by Crippen LogP contribution is 2.38. The maximum absolute atomic E-state index is 12.2. The molecule has 1 amide bonds. The van der Waals surface area contributed by atoms with Gasteiger partial charge in [-0.15, -0.1) is 0 Å². The Hall–Kier alpha value is -0.613. The van der Waals surface area contributed by atoms with Gasteiger partial charge in [0.25, 0.3) is 0 Å². The molecule has 178 valence electrons. The fourth-order valence-corrected chi connectivity index (χ4v) is 4.05. The van der Waals surface area contributed by atoms with Gasteiger partial charge in [0.1, 0.15) is 11.7 Å². The monoisotopic (exact) mass is 464 g/mol. The van der Waals surface area contributed by atoms with Gasteiger partial charge >= 0.3 is 6.09 Å². The Morgan fingerprint density at radius 2 is 1.57 bits per heavy atom. The largest absolute Gasteiger partial charge is 0.444 e. The molecule has 0 aliphatic rings. The van der Waals surface area contributed by atoms with Gasteiger partial charge in [0.05, 0.1) is 6.04 Å². The van der Waals surface area contributed by atoms with Crippen LogP contribution in [0.25, 0.3) is 0 Å². The van der Waals surface area contributed by atoms with Crippen molar-refractivity contribution in [1.82, 2.24) is 5.32 Å². The van der Waals surface area contributed by atoms with Gasteiger partial charge in [0.2, 0.25) is 0 Å². The molecule has 0 fully saturated rings. The van der Waals surface area contributed by atoms with Crippen LogP contribution in [0.3, 0.4) is 0 Å². The summed E-state index contributed by atoms with van der Waals surface area (Å²) in [5.74, 6) is 0. The number of rotatable bonds is 9. The molecule has 0 rings (SSSR count). The first-order valence-electron chi connectivity index (χ1n) is 10.6. The zero-order chi connectivity index (χ0) is 23.8. The first-order valence-corrected chi connectivity index (χ1v) is 14.7. The predicted octanol–water partition coefficient (Wildman–Crippen LogP) is 5.41. The number of carbonyl (C=O) groups is 1. The Morgan fingerprint density at radius 1 is 1.07 bits per heavy atom. The number of nitrogens with zero attached hydrogens (tertiary/aromatic N) is 1. The van der Waals surface area contributed by atoms with Crippen molar-refractivity contribution in [3.63, 3.8) is 0 Å². The normalized spacial score (nSPS) is 15.8. The lowest BCUT2D eigenvalue weighted by molar-refractivity contribution is -0.188. The number of thioether (sulfide) groups is 1. The molecule has 0 saturated heterocycles. The van der Waals surface area contributed by atoms with E-state index >= 15 is 0 Å². The topological polar surface area (TPSA) is 78.4 Å². The Bertz CT molecular complexity index is 553. The molecule has 0 aromatic carbocycles. The zero-order valence-corrected chi connectivity index (χ0v) is 22.9. The maximum atomic E-state index is 12.2. The number of alkyl carbamates (subject to hydrolysis) is 1. The van der Waals surface area contributed by atoms with Crippen molar-refractivity contribution in [2.24, 2.45) is 4.99 Å². The molecule has 0 heterocycles. The molecule has 0 aliphatic heterocycles. The molecule has 2 atom stereocenters. The van der Waals surface area contributed by atoms with Gasteiger partial charge < -0.3 is 18.6 Å². The molecule has 0 aromatic rings. The molecule has 1 N–H and O–H groups in total. The Balaban J connectivity index is 5.78. The van der Waals surface area contributed by atoms with E-state index in [9.17, 15) is 4.79 Å². The maximum Gasteiger partial charge on any atom is 0.413 e. The highest BCUT2D eigenvalue weighted by Gasteiger charge is 2.43. The molecule has 0 saturated carbocycles. The van der Waals surface area contributed by atoms with Crippen LogP contribution >= 0.6 is 11.8 Å². The summed E-state index contributed by atoms with van der Waals surface area (Å²) in [5, 5.41) is 3.22. The summed E-state index contributed by atoms with van der Waals surface area (Å²) < 4.78 is 23.8. The molecule has 0 radical (unpaired) electrons. The van der Waals surface area contributed by atoms with E-state index in [1.54, 1.807) is 0 Å². The third kappa shape index (κ3) is 10.6. The quantitative estimate of drug-likeness (QED) is 0.213. The van der Waals surface area contributed by atoms with Crippen LogP contribution in [-0.4, -0.2) is 63.1 Å². The summed E-state index contributed by atoms with van der Waals surface area (Å²) >= 11 is 1.34. The van der Waals surface area contributed by atoms with Crippen LogP contribution in [0, 0.1) is 0 Å². The summed E-state index contributed by atoms with van der Waals surface area (Å²) in [4.78, 5) is 16.9. The summed E-state index contributed by atoms with van der Waals surface area (Å²) in [6, 6.07) is -0.306. The lowest BCUT2D eigenvalue weighted by atomic mass is 10.2. The molecular formula is C21H44N2O5SSi. The number of nitrogens with one attached hydrogen (secondary N) is 1. The Kier molecular flexibility index (Phi) is 12.2. The van der Waals surface area contributed by atoms with Gasteiger partial charge in [-0.1, -0.05) is 32.5 Å². The van der Waals surface area contributed by atoms with Gasteiger partial charge in [0.15, 0.2) is 19.8 Å². The minimum absolute atomic E-state index is 0.0226. The van der Waals surface area contributed by atoms with Crippen LogP contribution < -0.4 is 5.32 Å².